The number of H-pyrrole nitrogens is 1. The number of aryl methyl sites for hydroxylation is 2. The van der Waals surface area contributed by atoms with Crippen molar-refractivity contribution < 1.29 is 0 Å². The Morgan fingerprint density at radius 3 is 2.79 bits per heavy atom. The summed E-state index contributed by atoms with van der Waals surface area (Å²) in [6.45, 7) is 6.80. The van der Waals surface area contributed by atoms with Crippen LogP contribution >= 0.6 is 0 Å². The SMILES string of the molecule is CCCC(C)(C)c1nc2c([nH]1)CCC2. The second kappa shape index (κ2) is 3.41. The molecule has 0 aliphatic heterocycles. The summed E-state index contributed by atoms with van der Waals surface area (Å²) in [6, 6.07) is 0. The first-order valence-corrected chi connectivity index (χ1v) is 5.71. The molecule has 2 heteroatoms. The Balaban J connectivity index is 2.24. The van der Waals surface area contributed by atoms with Crippen LogP contribution in [0.5, 0.6) is 0 Å². The Labute approximate surface area is 86.1 Å². The topological polar surface area (TPSA) is 28.7 Å². The largest absolute Gasteiger partial charge is 0.345 e. The molecule has 0 unspecified atom stereocenters. The highest BCUT2D eigenvalue weighted by Gasteiger charge is 2.26. The van der Waals surface area contributed by atoms with Gasteiger partial charge in [-0.25, -0.2) is 4.98 Å². The molecule has 0 atom stereocenters. The summed E-state index contributed by atoms with van der Waals surface area (Å²) in [5, 5.41) is 0. The minimum absolute atomic E-state index is 0.221. The Bertz CT molecular complexity index is 302. The zero-order chi connectivity index (χ0) is 10.2. The number of hydrogen-bond donors (Lipinski definition) is 1. The van der Waals surface area contributed by atoms with Gasteiger partial charge in [-0.15, -0.1) is 0 Å². The van der Waals surface area contributed by atoms with E-state index < -0.39 is 0 Å². The van der Waals surface area contributed by atoms with Crippen molar-refractivity contribution in [3.63, 3.8) is 0 Å². The van der Waals surface area contributed by atoms with Gasteiger partial charge in [0.25, 0.3) is 0 Å². The first-order chi connectivity index (χ1) is 6.63. The van der Waals surface area contributed by atoms with Gasteiger partial charge in [-0.3, -0.25) is 0 Å². The van der Waals surface area contributed by atoms with Crippen LogP contribution in [0.25, 0.3) is 0 Å². The first kappa shape index (κ1) is 9.75. The minimum atomic E-state index is 0.221. The van der Waals surface area contributed by atoms with Gasteiger partial charge >= 0.3 is 0 Å². The normalized spacial score (nSPS) is 15.9. The lowest BCUT2D eigenvalue weighted by atomic mass is 9.87. The predicted octanol–water partition coefficient (Wildman–Crippen LogP) is 2.98. The number of nitrogens with zero attached hydrogens (tertiary/aromatic N) is 1. The molecule has 0 saturated heterocycles. The predicted molar refractivity (Wildman–Crippen MR) is 58.5 cm³/mol. The van der Waals surface area contributed by atoms with Crippen molar-refractivity contribution >= 4 is 0 Å². The number of rotatable bonds is 3. The summed E-state index contributed by atoms with van der Waals surface area (Å²) in [7, 11) is 0. The average Bonchev–Trinajstić information content (AvgIpc) is 2.60. The zero-order valence-electron chi connectivity index (χ0n) is 9.48. The second-order valence-corrected chi connectivity index (χ2v) is 5.00. The molecule has 1 heterocycles. The van der Waals surface area contributed by atoms with E-state index in [0.717, 1.165) is 0 Å². The molecule has 1 aromatic heterocycles. The summed E-state index contributed by atoms with van der Waals surface area (Å²) in [5.41, 5.74) is 2.94. The van der Waals surface area contributed by atoms with Crippen molar-refractivity contribution in [3.05, 3.63) is 17.2 Å². The van der Waals surface area contributed by atoms with E-state index in [0.29, 0.717) is 0 Å². The maximum Gasteiger partial charge on any atom is 0.112 e. The summed E-state index contributed by atoms with van der Waals surface area (Å²) in [6.07, 6.45) is 6.08. The van der Waals surface area contributed by atoms with Crippen LogP contribution in [0.15, 0.2) is 0 Å². The van der Waals surface area contributed by atoms with Crippen LogP contribution in [0.3, 0.4) is 0 Å². The lowest BCUT2D eigenvalue weighted by Gasteiger charge is -2.21. The van der Waals surface area contributed by atoms with Crippen molar-refractivity contribution in [2.75, 3.05) is 0 Å². The molecule has 2 rings (SSSR count). The highest BCUT2D eigenvalue weighted by Crippen LogP contribution is 2.29. The molecule has 0 bridgehead atoms. The number of fused-ring (bicyclic) bond motifs is 1. The van der Waals surface area contributed by atoms with Crippen LogP contribution in [0.1, 0.15) is 57.2 Å². The molecular formula is C12H20N2. The summed E-state index contributed by atoms with van der Waals surface area (Å²) >= 11 is 0. The van der Waals surface area contributed by atoms with E-state index in [9.17, 15) is 0 Å². The van der Waals surface area contributed by atoms with Crippen molar-refractivity contribution in [1.82, 2.24) is 9.97 Å². The second-order valence-electron chi connectivity index (χ2n) is 5.00. The molecule has 0 radical (unpaired) electrons. The molecule has 0 fully saturated rings. The molecule has 1 aromatic rings. The fourth-order valence-corrected chi connectivity index (χ4v) is 2.36. The summed E-state index contributed by atoms with van der Waals surface area (Å²) < 4.78 is 0. The van der Waals surface area contributed by atoms with Gasteiger partial charge in [0.05, 0.1) is 5.69 Å². The lowest BCUT2D eigenvalue weighted by molar-refractivity contribution is 0.446. The molecule has 1 N–H and O–H groups in total. The van der Waals surface area contributed by atoms with Crippen molar-refractivity contribution in [2.45, 2.75) is 58.3 Å². The molecule has 0 spiro atoms. The van der Waals surface area contributed by atoms with Crippen LogP contribution in [0.2, 0.25) is 0 Å². The number of aromatic nitrogens is 2. The van der Waals surface area contributed by atoms with Gasteiger partial charge in [-0.1, -0.05) is 27.2 Å². The van der Waals surface area contributed by atoms with Crippen molar-refractivity contribution in [3.8, 4) is 0 Å². The third kappa shape index (κ3) is 1.58. The van der Waals surface area contributed by atoms with Gasteiger partial charge in [-0.2, -0.15) is 0 Å². The van der Waals surface area contributed by atoms with Crippen LogP contribution in [-0.2, 0) is 18.3 Å². The average molecular weight is 192 g/mol. The number of nitrogens with one attached hydrogen (secondary N) is 1. The number of hydrogen-bond acceptors (Lipinski definition) is 1. The lowest BCUT2D eigenvalue weighted by Crippen LogP contribution is -2.18. The molecule has 0 saturated carbocycles. The first-order valence-electron chi connectivity index (χ1n) is 5.71. The summed E-state index contributed by atoms with van der Waals surface area (Å²) in [5.74, 6) is 1.20. The van der Waals surface area contributed by atoms with Crippen LogP contribution < -0.4 is 0 Å². The Kier molecular flexibility index (Phi) is 2.38. The van der Waals surface area contributed by atoms with Crippen LogP contribution in [0.4, 0.5) is 0 Å². The van der Waals surface area contributed by atoms with E-state index in [-0.39, 0.29) is 5.41 Å². The third-order valence-corrected chi connectivity index (χ3v) is 3.22. The molecular weight excluding hydrogens is 172 g/mol. The standard InChI is InChI=1S/C12H20N2/c1-4-8-12(2,3)11-13-9-6-5-7-10(9)14-11/h4-8H2,1-3H3,(H,13,14). The van der Waals surface area contributed by atoms with Gasteiger partial charge in [0.15, 0.2) is 0 Å². The monoisotopic (exact) mass is 192 g/mol. The van der Waals surface area contributed by atoms with E-state index in [4.69, 9.17) is 4.98 Å². The highest BCUT2D eigenvalue weighted by atomic mass is 15.0. The van der Waals surface area contributed by atoms with Crippen LogP contribution in [0, 0.1) is 0 Å². The van der Waals surface area contributed by atoms with Crippen molar-refractivity contribution in [2.24, 2.45) is 0 Å². The molecule has 14 heavy (non-hydrogen) atoms. The minimum Gasteiger partial charge on any atom is -0.345 e. The van der Waals surface area contributed by atoms with E-state index in [1.807, 2.05) is 0 Å². The summed E-state index contributed by atoms with van der Waals surface area (Å²) in [4.78, 5) is 8.23. The molecule has 0 amide bonds. The van der Waals surface area contributed by atoms with Gasteiger partial charge in [-0.05, 0) is 25.7 Å². The van der Waals surface area contributed by atoms with E-state index >= 15 is 0 Å². The highest BCUT2D eigenvalue weighted by molar-refractivity contribution is 5.22. The molecule has 2 nitrogen and oxygen atoms in total. The quantitative estimate of drug-likeness (QED) is 0.783. The van der Waals surface area contributed by atoms with Gasteiger partial charge in [0.1, 0.15) is 5.82 Å². The number of imidazole rings is 1. The Morgan fingerprint density at radius 2 is 2.14 bits per heavy atom. The number of aromatic amines is 1. The molecule has 1 aliphatic carbocycles. The maximum atomic E-state index is 4.73. The molecule has 78 valence electrons. The van der Waals surface area contributed by atoms with Gasteiger partial charge < -0.3 is 4.98 Å². The molecule has 1 aliphatic rings. The van der Waals surface area contributed by atoms with Gasteiger partial charge in [0, 0.05) is 11.1 Å². The Morgan fingerprint density at radius 1 is 1.36 bits per heavy atom. The van der Waals surface area contributed by atoms with Crippen molar-refractivity contribution in [1.29, 1.82) is 0 Å². The van der Waals surface area contributed by atoms with E-state index in [1.54, 1.807) is 0 Å². The van der Waals surface area contributed by atoms with Gasteiger partial charge in [0.2, 0.25) is 0 Å². The van der Waals surface area contributed by atoms with E-state index in [1.165, 1.54) is 49.3 Å². The maximum absolute atomic E-state index is 4.73. The Hall–Kier alpha value is -0.790. The molecule has 0 aromatic carbocycles. The fourth-order valence-electron chi connectivity index (χ4n) is 2.36. The van der Waals surface area contributed by atoms with Crippen LogP contribution in [-0.4, -0.2) is 9.97 Å². The van der Waals surface area contributed by atoms with E-state index in [2.05, 4.69) is 25.8 Å². The zero-order valence-corrected chi connectivity index (χ0v) is 9.48. The third-order valence-electron chi connectivity index (χ3n) is 3.22. The smallest absolute Gasteiger partial charge is 0.112 e. The fraction of sp³-hybridized carbons (Fsp3) is 0.750.